The van der Waals surface area contributed by atoms with Gasteiger partial charge < -0.3 is 9.84 Å². The fraction of sp³-hybridized carbons (Fsp3) is 0.278. The molecule has 146 valence electrons. The number of carboxylic acids is 1. The zero-order valence-electron chi connectivity index (χ0n) is 14.3. The quantitative estimate of drug-likeness (QED) is 0.649. The summed E-state index contributed by atoms with van der Waals surface area (Å²) in [5, 5.41) is 14.1. The van der Waals surface area contributed by atoms with E-state index >= 15 is 0 Å². The van der Waals surface area contributed by atoms with Gasteiger partial charge >= 0.3 is 12.1 Å². The number of carboxylic acid groups (broad SMARTS) is 1. The molecule has 6 nitrogen and oxygen atoms in total. The predicted molar refractivity (Wildman–Crippen MR) is 94.9 cm³/mol. The Bertz CT molecular complexity index is 1020. The third-order valence-corrected chi connectivity index (χ3v) is 5.07. The number of hydrogen-bond acceptors (Lipinski definition) is 5. The normalized spacial score (nSPS) is 14.2. The third-order valence-electron chi connectivity index (χ3n) is 4.25. The van der Waals surface area contributed by atoms with E-state index in [4.69, 9.17) is 9.84 Å². The van der Waals surface area contributed by atoms with Crippen molar-refractivity contribution in [3.8, 4) is 22.1 Å². The molecule has 1 fully saturated rings. The number of ether oxygens (including phenoxy) is 1. The first-order valence-electron chi connectivity index (χ1n) is 8.40. The van der Waals surface area contributed by atoms with Crippen LogP contribution in [0.15, 0.2) is 35.8 Å². The van der Waals surface area contributed by atoms with E-state index in [1.165, 1.54) is 12.8 Å². The summed E-state index contributed by atoms with van der Waals surface area (Å²) in [4.78, 5) is 15.3. The number of carbonyl (C=O) groups is 1. The monoisotopic (exact) mass is 409 g/mol. The van der Waals surface area contributed by atoms with Gasteiger partial charge in [-0.05, 0) is 30.9 Å². The van der Waals surface area contributed by atoms with Gasteiger partial charge in [0.1, 0.15) is 11.3 Å². The Labute approximate surface area is 161 Å². The molecule has 28 heavy (non-hydrogen) atoms. The zero-order chi connectivity index (χ0) is 19.9. The van der Waals surface area contributed by atoms with Crippen molar-refractivity contribution >= 4 is 17.3 Å². The summed E-state index contributed by atoms with van der Waals surface area (Å²) in [7, 11) is 0. The molecule has 1 aliphatic carbocycles. The second-order valence-corrected chi connectivity index (χ2v) is 7.26. The molecule has 4 rings (SSSR count). The SMILES string of the molecule is O=C(O)c1cnn(-c2nc(-c3cccc(OCC4CC4)c3)cs2)c1C(F)(F)F. The highest BCUT2D eigenvalue weighted by atomic mass is 32.1. The van der Waals surface area contributed by atoms with Crippen LogP contribution in [0.5, 0.6) is 5.75 Å². The highest BCUT2D eigenvalue weighted by molar-refractivity contribution is 7.12. The van der Waals surface area contributed by atoms with Crippen molar-refractivity contribution in [1.82, 2.24) is 14.8 Å². The largest absolute Gasteiger partial charge is 0.493 e. The lowest BCUT2D eigenvalue weighted by atomic mass is 10.2. The van der Waals surface area contributed by atoms with Crippen molar-refractivity contribution in [3.63, 3.8) is 0 Å². The fourth-order valence-corrected chi connectivity index (χ4v) is 3.46. The summed E-state index contributed by atoms with van der Waals surface area (Å²) < 4.78 is 46.3. The number of halogens is 3. The lowest BCUT2D eigenvalue weighted by Gasteiger charge is -2.09. The minimum atomic E-state index is -4.88. The van der Waals surface area contributed by atoms with E-state index in [1.807, 2.05) is 6.07 Å². The Hall–Kier alpha value is -2.88. The molecule has 0 atom stereocenters. The van der Waals surface area contributed by atoms with Crippen LogP contribution in [-0.4, -0.2) is 32.4 Å². The number of thiazole rings is 1. The molecule has 0 bridgehead atoms. The molecule has 0 saturated heterocycles. The minimum Gasteiger partial charge on any atom is -0.493 e. The van der Waals surface area contributed by atoms with E-state index in [0.717, 1.165) is 11.3 Å². The first-order chi connectivity index (χ1) is 13.3. The van der Waals surface area contributed by atoms with Gasteiger partial charge in [-0.25, -0.2) is 14.5 Å². The van der Waals surface area contributed by atoms with Crippen LogP contribution in [-0.2, 0) is 6.18 Å². The maximum Gasteiger partial charge on any atom is 0.434 e. The van der Waals surface area contributed by atoms with Crippen LogP contribution < -0.4 is 4.74 Å². The Balaban J connectivity index is 1.65. The van der Waals surface area contributed by atoms with Gasteiger partial charge in [0.05, 0.1) is 18.5 Å². The number of aromatic nitrogens is 3. The standard InChI is InChI=1S/C18H14F3N3O3S/c19-18(20,21)15-13(16(25)26)7-22-24(15)17-23-14(9-28-17)11-2-1-3-12(6-11)27-8-10-4-5-10/h1-3,6-7,9-10H,4-5,8H2,(H,25,26). The average Bonchev–Trinajstić information content (AvgIpc) is 3.15. The highest BCUT2D eigenvalue weighted by Crippen LogP contribution is 2.35. The van der Waals surface area contributed by atoms with E-state index < -0.39 is 23.4 Å². The summed E-state index contributed by atoms with van der Waals surface area (Å²) >= 11 is 0.943. The zero-order valence-corrected chi connectivity index (χ0v) is 15.1. The van der Waals surface area contributed by atoms with Crippen molar-refractivity contribution in [1.29, 1.82) is 0 Å². The van der Waals surface area contributed by atoms with Crippen LogP contribution in [0.4, 0.5) is 13.2 Å². The molecule has 0 aliphatic heterocycles. The van der Waals surface area contributed by atoms with Crippen molar-refractivity contribution < 1.29 is 27.8 Å². The molecular formula is C18H14F3N3O3S. The van der Waals surface area contributed by atoms with Gasteiger partial charge in [-0.3, -0.25) is 0 Å². The predicted octanol–water partition coefficient (Wildman–Crippen LogP) is 4.50. The van der Waals surface area contributed by atoms with Gasteiger partial charge in [0.2, 0.25) is 5.13 Å². The van der Waals surface area contributed by atoms with Crippen molar-refractivity contribution in [2.45, 2.75) is 19.0 Å². The van der Waals surface area contributed by atoms with E-state index in [0.29, 0.717) is 40.4 Å². The molecule has 1 N–H and O–H groups in total. The molecule has 2 aromatic heterocycles. The maximum absolute atomic E-state index is 13.4. The van der Waals surface area contributed by atoms with Crippen LogP contribution in [0, 0.1) is 5.92 Å². The van der Waals surface area contributed by atoms with Crippen LogP contribution in [0.1, 0.15) is 28.9 Å². The number of nitrogens with zero attached hydrogens (tertiary/aromatic N) is 3. The van der Waals surface area contributed by atoms with E-state index in [1.54, 1.807) is 23.6 Å². The number of rotatable bonds is 6. The third kappa shape index (κ3) is 3.72. The Kier molecular flexibility index (Phi) is 4.58. The molecule has 0 spiro atoms. The first-order valence-corrected chi connectivity index (χ1v) is 9.28. The lowest BCUT2D eigenvalue weighted by molar-refractivity contribution is -0.143. The second-order valence-electron chi connectivity index (χ2n) is 6.42. The molecule has 1 saturated carbocycles. The molecule has 10 heteroatoms. The average molecular weight is 409 g/mol. The number of hydrogen-bond donors (Lipinski definition) is 1. The summed E-state index contributed by atoms with van der Waals surface area (Å²) in [5.41, 5.74) is -1.13. The van der Waals surface area contributed by atoms with Crippen LogP contribution >= 0.6 is 11.3 Å². The topological polar surface area (TPSA) is 77.2 Å². The lowest BCUT2D eigenvalue weighted by Crippen LogP contribution is -2.17. The molecule has 0 amide bonds. The van der Waals surface area contributed by atoms with Gasteiger partial charge in [0.15, 0.2) is 5.69 Å². The molecule has 1 aromatic carbocycles. The number of aromatic carboxylic acids is 1. The molecule has 2 heterocycles. The van der Waals surface area contributed by atoms with Crippen molar-refractivity contribution in [3.05, 3.63) is 47.1 Å². The molecule has 3 aromatic rings. The van der Waals surface area contributed by atoms with Gasteiger partial charge in [0, 0.05) is 10.9 Å². The maximum atomic E-state index is 13.4. The Morgan fingerprint density at radius 2 is 2.14 bits per heavy atom. The highest BCUT2D eigenvalue weighted by Gasteiger charge is 2.41. The molecular weight excluding hydrogens is 395 g/mol. The number of alkyl halides is 3. The summed E-state index contributed by atoms with van der Waals surface area (Å²) in [6.45, 7) is 0.645. The van der Waals surface area contributed by atoms with Crippen LogP contribution in [0.2, 0.25) is 0 Å². The van der Waals surface area contributed by atoms with Crippen molar-refractivity contribution in [2.24, 2.45) is 5.92 Å². The summed E-state index contributed by atoms with van der Waals surface area (Å²) in [5.74, 6) is -0.434. The summed E-state index contributed by atoms with van der Waals surface area (Å²) in [6, 6.07) is 7.15. The number of benzene rings is 1. The van der Waals surface area contributed by atoms with Crippen LogP contribution in [0.3, 0.4) is 0 Å². The van der Waals surface area contributed by atoms with E-state index in [2.05, 4.69) is 10.1 Å². The van der Waals surface area contributed by atoms with Gasteiger partial charge in [0.25, 0.3) is 0 Å². The van der Waals surface area contributed by atoms with Crippen LogP contribution in [0.25, 0.3) is 16.4 Å². The Morgan fingerprint density at radius 1 is 1.36 bits per heavy atom. The van der Waals surface area contributed by atoms with E-state index in [-0.39, 0.29) is 5.13 Å². The molecule has 1 aliphatic rings. The van der Waals surface area contributed by atoms with Gasteiger partial charge in [-0.2, -0.15) is 18.3 Å². The minimum absolute atomic E-state index is 0.0703. The van der Waals surface area contributed by atoms with Gasteiger partial charge in [-0.1, -0.05) is 12.1 Å². The Morgan fingerprint density at radius 3 is 2.82 bits per heavy atom. The fourth-order valence-electron chi connectivity index (χ4n) is 2.66. The second kappa shape index (κ2) is 6.93. The van der Waals surface area contributed by atoms with E-state index in [9.17, 15) is 18.0 Å². The van der Waals surface area contributed by atoms with Gasteiger partial charge in [-0.15, -0.1) is 11.3 Å². The summed E-state index contributed by atoms with van der Waals surface area (Å²) in [6.07, 6.45) is -1.87. The molecule has 0 unspecified atom stereocenters. The first kappa shape index (κ1) is 18.5. The smallest absolute Gasteiger partial charge is 0.434 e. The van der Waals surface area contributed by atoms with Crippen molar-refractivity contribution in [2.75, 3.05) is 6.61 Å². The molecule has 0 radical (unpaired) electrons.